The van der Waals surface area contributed by atoms with Gasteiger partial charge >= 0.3 is 6.18 Å². The number of nitrogens with zero attached hydrogens (tertiary/aromatic N) is 8. The van der Waals surface area contributed by atoms with E-state index in [0.717, 1.165) is 36.6 Å². The van der Waals surface area contributed by atoms with Crippen LogP contribution in [0.1, 0.15) is 110 Å². The third-order valence-electron chi connectivity index (χ3n) is 17.4. The topological polar surface area (TPSA) is 250 Å². The molecule has 0 unspecified atom stereocenters. The summed E-state index contributed by atoms with van der Waals surface area (Å²) in [7, 11) is 11.0. The number of aryl methyl sites for hydroxylation is 1. The SMILES string of the molecule is CC[C@H](C)[C@@H]1NC(=O)[C@H](C)N(C)C(=O)C[C@@H](C)NC(=O)[C@H](CC(C)C)N(C)C(=O)[C@H](Cc2ccccc2)N(C)C(=O)[C@H](CC(C)C)N(C)C(=O)[C@H](CCc2ccc(C(F)(F)F)cc2)NC(=O)CN(C)C(=O)[C@H](Cc2ccc(Cl)cc2)N(C)C(=O)CN(C)C(=O)CN(C)C1=O. The summed E-state index contributed by atoms with van der Waals surface area (Å²) in [6.45, 7) is 12.2. The number of carbonyl (C=O) groups excluding carboxylic acids is 11. The van der Waals surface area contributed by atoms with Gasteiger partial charge in [0.25, 0.3) is 0 Å². The summed E-state index contributed by atoms with van der Waals surface area (Å²) in [4.78, 5) is 169. The lowest BCUT2D eigenvalue weighted by atomic mass is 9.96. The van der Waals surface area contributed by atoms with Crippen LogP contribution in [-0.4, -0.2) is 229 Å². The molecule has 0 aromatic heterocycles. The predicted molar refractivity (Wildman–Crippen MR) is 351 cm³/mol. The van der Waals surface area contributed by atoms with Crippen molar-refractivity contribution < 1.29 is 65.9 Å². The maximum atomic E-state index is 15.4. The van der Waals surface area contributed by atoms with E-state index in [4.69, 9.17) is 11.6 Å². The van der Waals surface area contributed by atoms with Crippen LogP contribution in [0.5, 0.6) is 0 Å². The first kappa shape index (κ1) is 78.4. The van der Waals surface area contributed by atoms with Crippen LogP contribution >= 0.6 is 11.6 Å². The van der Waals surface area contributed by atoms with Crippen LogP contribution in [0, 0.1) is 17.8 Å². The Morgan fingerprint density at radius 3 is 1.54 bits per heavy atom. The molecule has 3 aromatic carbocycles. The molecule has 26 heteroatoms. The Balaban J connectivity index is 1.88. The van der Waals surface area contributed by atoms with Crippen molar-refractivity contribution in [1.82, 2.24) is 55.1 Å². The molecule has 1 fully saturated rings. The van der Waals surface area contributed by atoms with Crippen molar-refractivity contribution in [1.29, 1.82) is 0 Å². The van der Waals surface area contributed by atoms with Gasteiger partial charge in [-0.25, -0.2) is 0 Å². The van der Waals surface area contributed by atoms with Crippen molar-refractivity contribution >= 4 is 76.6 Å². The first-order valence-corrected chi connectivity index (χ1v) is 32.2. The molecular formula is C68H97ClF3N11O11. The van der Waals surface area contributed by atoms with Crippen LogP contribution in [0.25, 0.3) is 0 Å². The van der Waals surface area contributed by atoms with Gasteiger partial charge in [-0.15, -0.1) is 0 Å². The first-order valence-electron chi connectivity index (χ1n) is 31.8. The zero-order chi connectivity index (χ0) is 70.8. The molecule has 1 heterocycles. The van der Waals surface area contributed by atoms with Crippen molar-refractivity contribution in [2.75, 3.05) is 76.0 Å². The Morgan fingerprint density at radius 2 is 0.989 bits per heavy atom. The molecule has 0 radical (unpaired) electrons. The number of alkyl halides is 3. The largest absolute Gasteiger partial charge is 0.416 e. The Morgan fingerprint density at radius 1 is 0.500 bits per heavy atom. The number of carbonyl (C=O) groups is 11. The smallest absolute Gasteiger partial charge is 0.351 e. The minimum atomic E-state index is -4.64. The van der Waals surface area contributed by atoms with Crippen LogP contribution < -0.4 is 16.0 Å². The number of hydrogen-bond donors (Lipinski definition) is 3. The number of rotatable bonds is 13. The fourth-order valence-corrected chi connectivity index (χ4v) is 11.1. The van der Waals surface area contributed by atoms with Crippen molar-refractivity contribution in [2.45, 2.75) is 161 Å². The number of halogens is 4. The minimum Gasteiger partial charge on any atom is -0.351 e. The van der Waals surface area contributed by atoms with Gasteiger partial charge in [-0.1, -0.05) is 114 Å². The number of likely N-dealkylation sites (N-methyl/N-ethyl adjacent to an activating group) is 8. The molecule has 9 atom stereocenters. The molecule has 0 saturated carbocycles. The average Bonchev–Trinajstić information content (AvgIpc) is 0.896. The van der Waals surface area contributed by atoms with Crippen LogP contribution in [0.4, 0.5) is 13.2 Å². The lowest BCUT2D eigenvalue weighted by Gasteiger charge is -2.39. The third-order valence-corrected chi connectivity index (χ3v) is 17.7. The lowest BCUT2D eigenvalue weighted by molar-refractivity contribution is -0.153. The molecule has 0 spiro atoms. The van der Waals surface area contributed by atoms with Gasteiger partial charge in [0, 0.05) is 86.7 Å². The third kappa shape index (κ3) is 22.3. The van der Waals surface area contributed by atoms with Gasteiger partial charge in [0.15, 0.2) is 0 Å². The zero-order valence-corrected chi connectivity index (χ0v) is 58.0. The summed E-state index contributed by atoms with van der Waals surface area (Å²) in [6.07, 6.45) is -4.73. The van der Waals surface area contributed by atoms with Crippen LogP contribution in [0.3, 0.4) is 0 Å². The fourth-order valence-electron chi connectivity index (χ4n) is 11.0. The van der Waals surface area contributed by atoms with E-state index < -0.39 is 151 Å². The van der Waals surface area contributed by atoms with E-state index in [0.29, 0.717) is 28.1 Å². The Bertz CT molecular complexity index is 3120. The predicted octanol–water partition coefficient (Wildman–Crippen LogP) is 5.32. The van der Waals surface area contributed by atoms with Crippen molar-refractivity contribution in [2.24, 2.45) is 17.8 Å². The molecule has 1 aliphatic rings. The van der Waals surface area contributed by atoms with Gasteiger partial charge < -0.3 is 55.1 Å². The second-order valence-corrected chi connectivity index (χ2v) is 26.3. The number of nitrogens with one attached hydrogen (secondary N) is 3. The molecule has 0 aliphatic carbocycles. The molecule has 1 aliphatic heterocycles. The minimum absolute atomic E-state index is 0.0401. The van der Waals surface area contributed by atoms with E-state index >= 15 is 14.4 Å². The highest BCUT2D eigenvalue weighted by Gasteiger charge is 2.42. The normalized spacial score (nSPS) is 23.5. The van der Waals surface area contributed by atoms with Crippen LogP contribution in [-0.2, 0) is 78.2 Å². The van der Waals surface area contributed by atoms with Crippen LogP contribution in [0.2, 0.25) is 5.02 Å². The maximum Gasteiger partial charge on any atom is 0.416 e. The standard InChI is InChI=1S/C68H97ClF3N11O11/c1-17-43(6)60-67(94)78(11)39-58(86)76(9)40-59(87)80(13)54(37-48-25-30-50(69)31-26-48)64(91)77(10)38-56(84)74-51(32-27-46-23-28-49(29-24-46)68(70,71)72)63(90)82(15)53(34-42(4)5)65(92)83(16)55(36-47-21-19-18-20-22-47)66(93)81(14)52(33-41(2)3)62(89)73-44(7)35-57(85)79(12)45(8)61(88)75-60/h18-26,28-31,41-45,51-55,60H,17,27,32-40H2,1-16H3,(H,73,89)(H,74,84)(H,75,88)/t43-,44+,45-,51-,52-,53-,54-,55-,60-/m0/s1. The first-order chi connectivity index (χ1) is 43.9. The second-order valence-electron chi connectivity index (χ2n) is 25.9. The zero-order valence-electron chi connectivity index (χ0n) is 57.2. The monoisotopic (exact) mass is 1340 g/mol. The molecule has 94 heavy (non-hydrogen) atoms. The molecule has 1 saturated heterocycles. The van der Waals surface area contributed by atoms with E-state index in [1.165, 1.54) is 90.1 Å². The number of amides is 11. The summed E-state index contributed by atoms with van der Waals surface area (Å²) < 4.78 is 41.0. The van der Waals surface area contributed by atoms with Gasteiger partial charge in [-0.2, -0.15) is 13.2 Å². The van der Waals surface area contributed by atoms with Gasteiger partial charge in [-0.3, -0.25) is 52.7 Å². The Labute approximate surface area is 556 Å². The van der Waals surface area contributed by atoms with E-state index in [2.05, 4.69) is 16.0 Å². The lowest BCUT2D eigenvalue weighted by Crippen LogP contribution is -2.60. The molecule has 11 amide bonds. The molecule has 0 bridgehead atoms. The summed E-state index contributed by atoms with van der Waals surface area (Å²) >= 11 is 6.21. The molecular weight excluding hydrogens is 1240 g/mol. The van der Waals surface area contributed by atoms with E-state index in [1.54, 1.807) is 68.4 Å². The van der Waals surface area contributed by atoms with E-state index in [1.807, 2.05) is 34.6 Å². The molecule has 518 valence electrons. The van der Waals surface area contributed by atoms with Gasteiger partial charge in [0.05, 0.1) is 25.2 Å². The summed E-state index contributed by atoms with van der Waals surface area (Å²) in [5.74, 6) is -8.46. The van der Waals surface area contributed by atoms with Gasteiger partial charge in [-0.05, 0) is 98.2 Å². The summed E-state index contributed by atoms with van der Waals surface area (Å²) in [5, 5.41) is 8.76. The molecule has 4 rings (SSSR count). The average molecular weight is 1340 g/mol. The molecule has 3 N–H and O–H groups in total. The maximum absolute atomic E-state index is 15.4. The highest BCUT2D eigenvalue weighted by Crippen LogP contribution is 2.30. The summed E-state index contributed by atoms with van der Waals surface area (Å²) in [5.41, 5.74) is 0.681. The van der Waals surface area contributed by atoms with Crippen molar-refractivity contribution in [3.63, 3.8) is 0 Å². The Hall–Kier alpha value is -8.09. The van der Waals surface area contributed by atoms with E-state index in [9.17, 15) is 51.5 Å². The van der Waals surface area contributed by atoms with E-state index in [-0.39, 0.29) is 56.8 Å². The molecule has 22 nitrogen and oxygen atoms in total. The Kier molecular flexibility index (Phi) is 29.5. The highest BCUT2D eigenvalue weighted by molar-refractivity contribution is 6.30. The fraction of sp³-hybridized carbons (Fsp3) is 0.574. The highest BCUT2D eigenvalue weighted by atomic mass is 35.5. The summed E-state index contributed by atoms with van der Waals surface area (Å²) in [6, 6.07) is 9.94. The number of hydrogen-bond acceptors (Lipinski definition) is 11. The molecule has 3 aromatic rings. The van der Waals surface area contributed by atoms with Crippen molar-refractivity contribution in [3.05, 3.63) is 106 Å². The number of benzene rings is 3. The quantitative estimate of drug-likeness (QED) is 0.198. The van der Waals surface area contributed by atoms with Gasteiger partial charge in [0.2, 0.25) is 65.0 Å². The second kappa shape index (κ2) is 35.4. The van der Waals surface area contributed by atoms with Crippen LogP contribution in [0.15, 0.2) is 78.9 Å². The van der Waals surface area contributed by atoms with Gasteiger partial charge in [0.1, 0.15) is 42.3 Å². The van der Waals surface area contributed by atoms with Crippen molar-refractivity contribution in [3.8, 4) is 0 Å².